The van der Waals surface area contributed by atoms with E-state index in [4.69, 9.17) is 11.6 Å². The molecule has 1 fully saturated rings. The molecule has 0 unspecified atom stereocenters. The lowest BCUT2D eigenvalue weighted by atomic mass is 10.2. The highest BCUT2D eigenvalue weighted by Gasteiger charge is 2.34. The molecule has 0 atom stereocenters. The first kappa shape index (κ1) is 18.5. The lowest BCUT2D eigenvalue weighted by molar-refractivity contribution is -0.141. The molecule has 26 heavy (non-hydrogen) atoms. The highest BCUT2D eigenvalue weighted by Crippen LogP contribution is 2.32. The third-order valence-corrected chi connectivity index (χ3v) is 4.61. The summed E-state index contributed by atoms with van der Waals surface area (Å²) in [4.78, 5) is 19.4. The van der Waals surface area contributed by atoms with Crippen LogP contribution >= 0.6 is 11.6 Å². The van der Waals surface area contributed by atoms with Gasteiger partial charge in [0.25, 0.3) is 5.91 Å². The van der Waals surface area contributed by atoms with E-state index in [0.29, 0.717) is 31.9 Å². The van der Waals surface area contributed by atoms with Crippen LogP contribution in [0.4, 0.5) is 19.0 Å². The maximum Gasteiger partial charge on any atom is 0.433 e. The van der Waals surface area contributed by atoms with E-state index in [1.54, 1.807) is 27.6 Å². The van der Waals surface area contributed by atoms with E-state index in [1.807, 2.05) is 6.92 Å². The molecule has 0 aromatic carbocycles. The van der Waals surface area contributed by atoms with Gasteiger partial charge in [0.05, 0.1) is 5.02 Å². The zero-order valence-electron chi connectivity index (χ0n) is 14.2. The molecule has 1 saturated heterocycles. The summed E-state index contributed by atoms with van der Waals surface area (Å²) < 4.78 is 40.2. The van der Waals surface area contributed by atoms with Gasteiger partial charge in [-0.2, -0.15) is 18.3 Å². The summed E-state index contributed by atoms with van der Waals surface area (Å²) in [5, 5.41) is 4.32. The smallest absolute Gasteiger partial charge is 0.352 e. The SMILES string of the molecule is Cc1cc(C(=O)N2CCN(c3nc(C(F)(F)F)ccc3Cl)CC2)nn1C. The Labute approximate surface area is 153 Å². The molecule has 1 aliphatic rings. The Balaban J connectivity index is 1.71. The van der Waals surface area contributed by atoms with Crippen LogP contribution in [0.25, 0.3) is 0 Å². The van der Waals surface area contributed by atoms with Crippen LogP contribution in [-0.2, 0) is 13.2 Å². The first-order valence-corrected chi connectivity index (χ1v) is 8.33. The number of nitrogens with zero attached hydrogens (tertiary/aromatic N) is 5. The van der Waals surface area contributed by atoms with Crippen LogP contribution in [0.15, 0.2) is 18.2 Å². The van der Waals surface area contributed by atoms with Crippen LogP contribution in [0.2, 0.25) is 5.02 Å². The van der Waals surface area contributed by atoms with Crippen molar-refractivity contribution in [1.82, 2.24) is 19.7 Å². The molecule has 0 saturated carbocycles. The highest BCUT2D eigenvalue weighted by molar-refractivity contribution is 6.32. The summed E-state index contributed by atoms with van der Waals surface area (Å²) in [7, 11) is 1.76. The van der Waals surface area contributed by atoms with Crippen LogP contribution in [-0.4, -0.2) is 51.8 Å². The van der Waals surface area contributed by atoms with Crippen molar-refractivity contribution >= 4 is 23.3 Å². The van der Waals surface area contributed by atoms with E-state index in [0.717, 1.165) is 11.8 Å². The van der Waals surface area contributed by atoms with E-state index in [1.165, 1.54) is 6.07 Å². The molecular formula is C16H17ClF3N5O. The van der Waals surface area contributed by atoms with Crippen LogP contribution in [0.5, 0.6) is 0 Å². The van der Waals surface area contributed by atoms with E-state index < -0.39 is 11.9 Å². The Morgan fingerprint density at radius 1 is 1.19 bits per heavy atom. The average Bonchev–Trinajstić information content (AvgIpc) is 2.93. The fourth-order valence-corrected chi connectivity index (χ4v) is 2.98. The van der Waals surface area contributed by atoms with Gasteiger partial charge in [-0.3, -0.25) is 9.48 Å². The topological polar surface area (TPSA) is 54.3 Å². The van der Waals surface area contributed by atoms with Gasteiger partial charge in [-0.05, 0) is 25.1 Å². The first-order chi connectivity index (χ1) is 12.2. The quantitative estimate of drug-likeness (QED) is 0.795. The van der Waals surface area contributed by atoms with Crippen molar-refractivity contribution < 1.29 is 18.0 Å². The summed E-state index contributed by atoms with van der Waals surface area (Å²) in [5.41, 5.74) is 0.236. The molecule has 140 valence electrons. The number of alkyl halides is 3. The number of halogens is 4. The van der Waals surface area contributed by atoms with Crippen LogP contribution in [0, 0.1) is 6.92 Å². The number of carbonyl (C=O) groups excluding carboxylic acids is 1. The molecule has 6 nitrogen and oxygen atoms in total. The van der Waals surface area contributed by atoms with Gasteiger partial charge < -0.3 is 9.80 Å². The molecular weight excluding hydrogens is 371 g/mol. The van der Waals surface area contributed by atoms with E-state index >= 15 is 0 Å². The van der Waals surface area contributed by atoms with Gasteiger partial charge in [0, 0.05) is 38.9 Å². The molecule has 0 spiro atoms. The molecule has 1 aliphatic heterocycles. The zero-order valence-corrected chi connectivity index (χ0v) is 15.0. The number of rotatable bonds is 2. The lowest BCUT2D eigenvalue weighted by Gasteiger charge is -2.35. The first-order valence-electron chi connectivity index (χ1n) is 7.95. The van der Waals surface area contributed by atoms with Gasteiger partial charge in [-0.1, -0.05) is 11.6 Å². The van der Waals surface area contributed by atoms with Crippen molar-refractivity contribution in [1.29, 1.82) is 0 Å². The van der Waals surface area contributed by atoms with E-state index in [-0.39, 0.29) is 16.7 Å². The predicted molar refractivity (Wildman–Crippen MR) is 90.3 cm³/mol. The number of anilines is 1. The predicted octanol–water partition coefficient (Wildman–Crippen LogP) is 2.76. The summed E-state index contributed by atoms with van der Waals surface area (Å²) in [6.07, 6.45) is -4.53. The number of piperazine rings is 1. The van der Waals surface area contributed by atoms with E-state index in [9.17, 15) is 18.0 Å². The van der Waals surface area contributed by atoms with Crippen LogP contribution in [0.3, 0.4) is 0 Å². The second kappa shape index (κ2) is 6.79. The minimum Gasteiger partial charge on any atom is -0.352 e. The maximum absolute atomic E-state index is 12.9. The normalized spacial score (nSPS) is 15.5. The monoisotopic (exact) mass is 387 g/mol. The Morgan fingerprint density at radius 2 is 1.85 bits per heavy atom. The van der Waals surface area contributed by atoms with Crippen molar-refractivity contribution in [2.45, 2.75) is 13.1 Å². The fraction of sp³-hybridized carbons (Fsp3) is 0.438. The van der Waals surface area contributed by atoms with Crippen molar-refractivity contribution in [2.24, 2.45) is 7.05 Å². The lowest BCUT2D eigenvalue weighted by Crippen LogP contribution is -2.49. The molecule has 10 heteroatoms. The van der Waals surface area contributed by atoms with Gasteiger partial charge in [-0.15, -0.1) is 0 Å². The minimum absolute atomic E-state index is 0.0854. The number of pyridine rings is 1. The van der Waals surface area contributed by atoms with Gasteiger partial charge in [0.2, 0.25) is 0 Å². The van der Waals surface area contributed by atoms with Crippen molar-refractivity contribution in [3.05, 3.63) is 40.3 Å². The third-order valence-electron chi connectivity index (χ3n) is 4.32. The van der Waals surface area contributed by atoms with Gasteiger partial charge in [-0.25, -0.2) is 4.98 Å². The van der Waals surface area contributed by atoms with Gasteiger partial charge in [0.1, 0.15) is 11.5 Å². The van der Waals surface area contributed by atoms with E-state index in [2.05, 4.69) is 10.1 Å². The number of aromatic nitrogens is 3. The second-order valence-electron chi connectivity index (χ2n) is 6.07. The van der Waals surface area contributed by atoms with Crippen molar-refractivity contribution in [3.8, 4) is 0 Å². The maximum atomic E-state index is 12.9. The molecule has 3 rings (SSSR count). The molecule has 2 aromatic rings. The highest BCUT2D eigenvalue weighted by atomic mass is 35.5. The Hall–Kier alpha value is -2.29. The van der Waals surface area contributed by atoms with Crippen molar-refractivity contribution in [2.75, 3.05) is 31.1 Å². The van der Waals surface area contributed by atoms with Crippen molar-refractivity contribution in [3.63, 3.8) is 0 Å². The largest absolute Gasteiger partial charge is 0.433 e. The second-order valence-corrected chi connectivity index (χ2v) is 6.48. The van der Waals surface area contributed by atoms with Gasteiger partial charge >= 0.3 is 6.18 Å². The Bertz CT molecular complexity index is 808. The third kappa shape index (κ3) is 3.62. The average molecular weight is 388 g/mol. The van der Waals surface area contributed by atoms with Crippen LogP contribution < -0.4 is 4.90 Å². The number of hydrogen-bond donors (Lipinski definition) is 0. The summed E-state index contributed by atoms with van der Waals surface area (Å²) in [6, 6.07) is 3.76. The number of hydrogen-bond acceptors (Lipinski definition) is 4. The summed E-state index contributed by atoms with van der Waals surface area (Å²) >= 11 is 6.03. The number of aryl methyl sites for hydroxylation is 2. The molecule has 0 aliphatic carbocycles. The summed E-state index contributed by atoms with van der Waals surface area (Å²) in [6.45, 7) is 3.23. The molecule has 0 bridgehead atoms. The molecule has 0 N–H and O–H groups in total. The minimum atomic E-state index is -4.53. The number of amides is 1. The molecule has 0 radical (unpaired) electrons. The Kier molecular flexibility index (Phi) is 4.83. The molecule has 2 aromatic heterocycles. The molecule has 3 heterocycles. The fourth-order valence-electron chi connectivity index (χ4n) is 2.76. The standard InChI is InChI=1S/C16H17ClF3N5O/c1-10-9-12(22-23(10)2)15(26)25-7-5-24(6-8-25)14-11(17)3-4-13(21-14)16(18,19)20/h3-4,9H,5-8H2,1-2H3. The number of carbonyl (C=O) groups is 1. The molecule has 1 amide bonds. The summed E-state index contributed by atoms with van der Waals surface area (Å²) in [5.74, 6) is -0.112. The Morgan fingerprint density at radius 3 is 2.38 bits per heavy atom. The van der Waals surface area contributed by atoms with Crippen LogP contribution in [0.1, 0.15) is 21.9 Å². The zero-order chi connectivity index (χ0) is 19.1. The van der Waals surface area contributed by atoms with Gasteiger partial charge in [0.15, 0.2) is 5.69 Å².